The minimum Gasteiger partial charge on any atom is -0.394 e. The highest BCUT2D eigenvalue weighted by atomic mass is 32.1. The number of aliphatic hydroxyl groups excluding tert-OH is 1. The normalized spacial score (nSPS) is 21.5. The van der Waals surface area contributed by atoms with Crippen LogP contribution in [0, 0.1) is 0 Å². The SMILES string of the molecule is O=C(c1cccs1)N1CCCC1CO. The topological polar surface area (TPSA) is 40.5 Å². The van der Waals surface area contributed by atoms with E-state index in [4.69, 9.17) is 5.11 Å². The lowest BCUT2D eigenvalue weighted by Gasteiger charge is -2.22. The molecule has 0 saturated carbocycles. The Morgan fingerprint density at radius 2 is 2.57 bits per heavy atom. The largest absolute Gasteiger partial charge is 0.394 e. The lowest BCUT2D eigenvalue weighted by atomic mass is 10.2. The van der Waals surface area contributed by atoms with Gasteiger partial charge in [0, 0.05) is 6.54 Å². The first-order valence-electron chi connectivity index (χ1n) is 4.78. The van der Waals surface area contributed by atoms with Gasteiger partial charge in [0.15, 0.2) is 0 Å². The Labute approximate surface area is 87.0 Å². The molecule has 76 valence electrons. The summed E-state index contributed by atoms with van der Waals surface area (Å²) in [7, 11) is 0. The number of hydrogen-bond donors (Lipinski definition) is 1. The average Bonchev–Trinajstić information content (AvgIpc) is 2.87. The van der Waals surface area contributed by atoms with Gasteiger partial charge in [-0.3, -0.25) is 4.79 Å². The highest BCUT2D eigenvalue weighted by molar-refractivity contribution is 7.12. The molecular formula is C10H13NO2S. The van der Waals surface area contributed by atoms with Gasteiger partial charge < -0.3 is 10.0 Å². The second-order valence-electron chi connectivity index (χ2n) is 3.45. The van der Waals surface area contributed by atoms with E-state index in [2.05, 4.69) is 0 Å². The van der Waals surface area contributed by atoms with Crippen LogP contribution in [0.4, 0.5) is 0 Å². The lowest BCUT2D eigenvalue weighted by Crippen LogP contribution is -2.37. The maximum absolute atomic E-state index is 11.9. The molecule has 2 rings (SSSR count). The van der Waals surface area contributed by atoms with Crippen molar-refractivity contribution in [1.29, 1.82) is 0 Å². The van der Waals surface area contributed by atoms with Crippen LogP contribution in [-0.4, -0.2) is 35.1 Å². The first kappa shape index (κ1) is 9.68. The summed E-state index contributed by atoms with van der Waals surface area (Å²) in [4.78, 5) is 14.5. The fourth-order valence-corrected chi connectivity index (χ4v) is 2.51. The van der Waals surface area contributed by atoms with Gasteiger partial charge in [0.05, 0.1) is 17.5 Å². The Balaban J connectivity index is 2.11. The van der Waals surface area contributed by atoms with Crippen molar-refractivity contribution in [2.75, 3.05) is 13.2 Å². The summed E-state index contributed by atoms with van der Waals surface area (Å²) in [6.07, 6.45) is 1.93. The quantitative estimate of drug-likeness (QED) is 0.802. The summed E-state index contributed by atoms with van der Waals surface area (Å²) in [6, 6.07) is 3.74. The molecule has 1 atom stereocenters. The van der Waals surface area contributed by atoms with Crippen molar-refractivity contribution in [2.24, 2.45) is 0 Å². The van der Waals surface area contributed by atoms with E-state index >= 15 is 0 Å². The number of aliphatic hydroxyl groups is 1. The molecule has 0 aromatic carbocycles. The molecular weight excluding hydrogens is 198 g/mol. The molecule has 14 heavy (non-hydrogen) atoms. The summed E-state index contributed by atoms with van der Waals surface area (Å²) in [5, 5.41) is 11.0. The summed E-state index contributed by atoms with van der Waals surface area (Å²) in [5.74, 6) is 0.0663. The molecule has 2 heterocycles. The Bertz CT molecular complexity index is 310. The van der Waals surface area contributed by atoms with E-state index in [1.807, 2.05) is 17.5 Å². The zero-order valence-corrected chi connectivity index (χ0v) is 8.67. The van der Waals surface area contributed by atoms with Gasteiger partial charge in [0.1, 0.15) is 0 Å². The average molecular weight is 211 g/mol. The Morgan fingerprint density at radius 3 is 3.21 bits per heavy atom. The van der Waals surface area contributed by atoms with Gasteiger partial charge in [0.25, 0.3) is 5.91 Å². The van der Waals surface area contributed by atoms with E-state index in [9.17, 15) is 4.79 Å². The number of thiophene rings is 1. The minimum absolute atomic E-state index is 0.0320. The smallest absolute Gasteiger partial charge is 0.264 e. The first-order chi connectivity index (χ1) is 6.83. The zero-order valence-electron chi connectivity index (χ0n) is 7.85. The Morgan fingerprint density at radius 1 is 1.71 bits per heavy atom. The fourth-order valence-electron chi connectivity index (χ4n) is 1.83. The Kier molecular flexibility index (Phi) is 2.84. The maximum atomic E-state index is 11.9. The number of nitrogens with zero attached hydrogens (tertiary/aromatic N) is 1. The predicted octanol–water partition coefficient (Wildman–Crippen LogP) is 1.34. The molecule has 1 N–H and O–H groups in total. The van der Waals surface area contributed by atoms with Crippen LogP contribution < -0.4 is 0 Å². The molecule has 1 aromatic heterocycles. The van der Waals surface area contributed by atoms with Crippen LogP contribution in [0.15, 0.2) is 17.5 Å². The van der Waals surface area contributed by atoms with Crippen LogP contribution in [0.5, 0.6) is 0 Å². The number of carbonyl (C=O) groups is 1. The second-order valence-corrected chi connectivity index (χ2v) is 4.40. The third-order valence-electron chi connectivity index (χ3n) is 2.58. The van der Waals surface area contributed by atoms with Crippen molar-refractivity contribution in [3.05, 3.63) is 22.4 Å². The van der Waals surface area contributed by atoms with Gasteiger partial charge in [-0.1, -0.05) is 6.07 Å². The highest BCUT2D eigenvalue weighted by Gasteiger charge is 2.28. The molecule has 0 aliphatic carbocycles. The molecule has 0 bridgehead atoms. The fraction of sp³-hybridized carbons (Fsp3) is 0.500. The molecule has 1 unspecified atom stereocenters. The first-order valence-corrected chi connectivity index (χ1v) is 5.66. The third-order valence-corrected chi connectivity index (χ3v) is 3.44. The monoisotopic (exact) mass is 211 g/mol. The van der Waals surface area contributed by atoms with Crippen molar-refractivity contribution in [1.82, 2.24) is 4.90 Å². The van der Waals surface area contributed by atoms with Crippen LogP contribution in [0.1, 0.15) is 22.5 Å². The summed E-state index contributed by atoms with van der Waals surface area (Å²) >= 11 is 1.46. The van der Waals surface area contributed by atoms with E-state index in [1.54, 1.807) is 4.90 Å². The van der Waals surface area contributed by atoms with Gasteiger partial charge in [-0.25, -0.2) is 0 Å². The standard InChI is InChI=1S/C10H13NO2S/c12-7-8-3-1-5-11(8)10(13)9-4-2-6-14-9/h2,4,6,8,12H,1,3,5,7H2. The van der Waals surface area contributed by atoms with E-state index in [1.165, 1.54) is 11.3 Å². The van der Waals surface area contributed by atoms with Crippen molar-refractivity contribution < 1.29 is 9.90 Å². The van der Waals surface area contributed by atoms with Crippen molar-refractivity contribution in [3.8, 4) is 0 Å². The maximum Gasteiger partial charge on any atom is 0.264 e. The van der Waals surface area contributed by atoms with Crippen molar-refractivity contribution >= 4 is 17.2 Å². The molecule has 1 aromatic rings. The van der Waals surface area contributed by atoms with Crippen LogP contribution >= 0.6 is 11.3 Å². The minimum atomic E-state index is 0.0320. The molecule has 1 amide bonds. The number of likely N-dealkylation sites (tertiary alicyclic amines) is 1. The zero-order chi connectivity index (χ0) is 9.97. The number of amides is 1. The second kappa shape index (κ2) is 4.11. The highest BCUT2D eigenvalue weighted by Crippen LogP contribution is 2.21. The van der Waals surface area contributed by atoms with E-state index in [-0.39, 0.29) is 18.6 Å². The van der Waals surface area contributed by atoms with E-state index in [0.717, 1.165) is 24.3 Å². The number of rotatable bonds is 2. The van der Waals surface area contributed by atoms with Crippen LogP contribution in [-0.2, 0) is 0 Å². The van der Waals surface area contributed by atoms with Gasteiger partial charge >= 0.3 is 0 Å². The molecule has 1 aliphatic heterocycles. The van der Waals surface area contributed by atoms with Gasteiger partial charge in [-0.05, 0) is 24.3 Å². The molecule has 1 aliphatic rings. The predicted molar refractivity (Wildman–Crippen MR) is 55.5 cm³/mol. The molecule has 4 heteroatoms. The van der Waals surface area contributed by atoms with Crippen LogP contribution in [0.2, 0.25) is 0 Å². The molecule has 0 spiro atoms. The molecule has 3 nitrogen and oxygen atoms in total. The van der Waals surface area contributed by atoms with E-state index in [0.29, 0.717) is 0 Å². The summed E-state index contributed by atoms with van der Waals surface area (Å²) in [5.41, 5.74) is 0. The number of carbonyl (C=O) groups excluding carboxylic acids is 1. The van der Waals surface area contributed by atoms with Gasteiger partial charge in [-0.2, -0.15) is 0 Å². The van der Waals surface area contributed by atoms with Gasteiger partial charge in [-0.15, -0.1) is 11.3 Å². The molecule has 0 radical (unpaired) electrons. The Hall–Kier alpha value is -0.870. The van der Waals surface area contributed by atoms with E-state index < -0.39 is 0 Å². The molecule has 1 fully saturated rings. The lowest BCUT2D eigenvalue weighted by molar-refractivity contribution is 0.0682. The van der Waals surface area contributed by atoms with Crippen LogP contribution in [0.3, 0.4) is 0 Å². The van der Waals surface area contributed by atoms with Crippen molar-refractivity contribution in [3.63, 3.8) is 0 Å². The van der Waals surface area contributed by atoms with Gasteiger partial charge in [0.2, 0.25) is 0 Å². The number of hydrogen-bond acceptors (Lipinski definition) is 3. The van der Waals surface area contributed by atoms with Crippen molar-refractivity contribution in [2.45, 2.75) is 18.9 Å². The molecule has 1 saturated heterocycles. The van der Waals surface area contributed by atoms with Crippen LogP contribution in [0.25, 0.3) is 0 Å². The summed E-state index contributed by atoms with van der Waals surface area (Å²) in [6.45, 7) is 0.860. The summed E-state index contributed by atoms with van der Waals surface area (Å²) < 4.78 is 0. The third kappa shape index (κ3) is 1.67.